The lowest BCUT2D eigenvalue weighted by Gasteiger charge is -2.08. The second-order valence-corrected chi connectivity index (χ2v) is 2.74. The van der Waals surface area contributed by atoms with Gasteiger partial charge in [0.15, 0.2) is 0 Å². The fourth-order valence-electron chi connectivity index (χ4n) is 1.11. The average Bonchev–Trinajstić information content (AvgIpc) is 2.25. The topological polar surface area (TPSA) is 76.0 Å². The number of benzene rings is 1. The summed E-state index contributed by atoms with van der Waals surface area (Å²) in [6, 6.07) is 4.45. The summed E-state index contributed by atoms with van der Waals surface area (Å²) >= 11 is 0. The fraction of sp³-hybridized carbons (Fsp3) is 0.300. The van der Waals surface area contributed by atoms with E-state index in [0.29, 0.717) is 5.75 Å². The van der Waals surface area contributed by atoms with Crippen LogP contribution in [-0.2, 0) is 0 Å². The molecule has 1 rings (SSSR count). The van der Waals surface area contributed by atoms with E-state index < -0.39 is 5.97 Å². The van der Waals surface area contributed by atoms with Crippen molar-refractivity contribution in [2.75, 3.05) is 20.3 Å². The highest BCUT2D eigenvalue weighted by Gasteiger charge is 2.11. The van der Waals surface area contributed by atoms with Crippen LogP contribution >= 0.6 is 0 Å². The summed E-state index contributed by atoms with van der Waals surface area (Å²) in [5, 5.41) is 17.4. The Hall–Kier alpha value is -1.75. The summed E-state index contributed by atoms with van der Waals surface area (Å²) in [7, 11) is 1.40. The molecule has 0 aliphatic rings. The van der Waals surface area contributed by atoms with Gasteiger partial charge in [0.2, 0.25) is 0 Å². The molecule has 82 valence electrons. The molecule has 0 amide bonds. The third-order valence-corrected chi connectivity index (χ3v) is 1.76. The molecule has 5 nitrogen and oxygen atoms in total. The molecule has 0 unspecified atom stereocenters. The van der Waals surface area contributed by atoms with E-state index in [1.54, 1.807) is 6.07 Å². The van der Waals surface area contributed by atoms with Crippen molar-refractivity contribution in [2.24, 2.45) is 0 Å². The molecule has 0 saturated carbocycles. The van der Waals surface area contributed by atoms with Gasteiger partial charge in [-0.2, -0.15) is 0 Å². The van der Waals surface area contributed by atoms with Crippen LogP contribution in [-0.4, -0.2) is 36.5 Å². The number of aliphatic hydroxyl groups is 1. The van der Waals surface area contributed by atoms with Crippen LogP contribution < -0.4 is 9.47 Å². The highest BCUT2D eigenvalue weighted by Crippen LogP contribution is 2.23. The molecule has 15 heavy (non-hydrogen) atoms. The average molecular weight is 212 g/mol. The zero-order valence-electron chi connectivity index (χ0n) is 8.27. The number of rotatable bonds is 5. The van der Waals surface area contributed by atoms with Gasteiger partial charge in [0.25, 0.3) is 0 Å². The van der Waals surface area contributed by atoms with Gasteiger partial charge in [0, 0.05) is 0 Å². The van der Waals surface area contributed by atoms with Gasteiger partial charge in [0.1, 0.15) is 23.7 Å². The molecule has 0 bridgehead atoms. The second-order valence-electron chi connectivity index (χ2n) is 2.74. The first-order chi connectivity index (χ1) is 7.19. The minimum Gasteiger partial charge on any atom is -0.496 e. The molecule has 1 aromatic rings. The van der Waals surface area contributed by atoms with E-state index in [2.05, 4.69) is 0 Å². The third kappa shape index (κ3) is 2.85. The number of methoxy groups -OCH3 is 1. The van der Waals surface area contributed by atoms with Gasteiger partial charge in [-0.1, -0.05) is 0 Å². The number of ether oxygens (including phenoxy) is 2. The van der Waals surface area contributed by atoms with Crippen LogP contribution in [0.15, 0.2) is 18.2 Å². The van der Waals surface area contributed by atoms with Gasteiger partial charge in [-0.25, -0.2) is 4.79 Å². The summed E-state index contributed by atoms with van der Waals surface area (Å²) in [5.41, 5.74) is 0.0351. The van der Waals surface area contributed by atoms with Gasteiger partial charge in [0.05, 0.1) is 13.7 Å². The Morgan fingerprint density at radius 2 is 2.20 bits per heavy atom. The molecular weight excluding hydrogens is 200 g/mol. The number of carboxylic acids is 1. The van der Waals surface area contributed by atoms with Crippen molar-refractivity contribution in [1.82, 2.24) is 0 Å². The van der Waals surface area contributed by atoms with Crippen molar-refractivity contribution in [3.05, 3.63) is 23.8 Å². The molecule has 5 heteroatoms. The van der Waals surface area contributed by atoms with Gasteiger partial charge in [-0.3, -0.25) is 0 Å². The summed E-state index contributed by atoms with van der Waals surface area (Å²) < 4.78 is 9.96. The minimum atomic E-state index is -1.08. The molecule has 0 heterocycles. The van der Waals surface area contributed by atoms with E-state index in [4.69, 9.17) is 19.7 Å². The maximum Gasteiger partial charge on any atom is 0.339 e. The van der Waals surface area contributed by atoms with E-state index >= 15 is 0 Å². The highest BCUT2D eigenvalue weighted by molar-refractivity contribution is 5.91. The van der Waals surface area contributed by atoms with Crippen LogP contribution in [0.5, 0.6) is 11.5 Å². The Labute approximate surface area is 86.9 Å². The Morgan fingerprint density at radius 1 is 1.47 bits per heavy atom. The molecule has 0 radical (unpaired) electrons. The van der Waals surface area contributed by atoms with Crippen LogP contribution in [0.3, 0.4) is 0 Å². The standard InChI is InChI=1S/C10H12O5/c1-14-9-3-2-7(15-5-4-11)6-8(9)10(12)13/h2-3,6,11H,4-5H2,1H3,(H,12,13). The molecule has 0 fully saturated rings. The predicted octanol–water partition coefficient (Wildman–Crippen LogP) is 0.764. The van der Waals surface area contributed by atoms with E-state index in [9.17, 15) is 4.79 Å². The predicted molar refractivity (Wildman–Crippen MR) is 52.5 cm³/mol. The number of carbonyl (C=O) groups is 1. The molecule has 0 atom stereocenters. The monoisotopic (exact) mass is 212 g/mol. The lowest BCUT2D eigenvalue weighted by Crippen LogP contribution is -2.04. The summed E-state index contributed by atoms with van der Waals surface area (Å²) in [5.74, 6) is -0.414. The van der Waals surface area contributed by atoms with Crippen molar-refractivity contribution in [1.29, 1.82) is 0 Å². The highest BCUT2D eigenvalue weighted by atomic mass is 16.5. The van der Waals surface area contributed by atoms with Crippen LogP contribution in [0.4, 0.5) is 0 Å². The summed E-state index contributed by atoms with van der Waals surface area (Å²) in [6.45, 7) is 0.0137. The maximum absolute atomic E-state index is 10.8. The quantitative estimate of drug-likeness (QED) is 0.753. The lowest BCUT2D eigenvalue weighted by molar-refractivity contribution is 0.0692. The largest absolute Gasteiger partial charge is 0.496 e. The van der Waals surface area contributed by atoms with Crippen molar-refractivity contribution in [2.45, 2.75) is 0 Å². The van der Waals surface area contributed by atoms with Crippen LogP contribution in [0.25, 0.3) is 0 Å². The van der Waals surface area contributed by atoms with Crippen LogP contribution in [0, 0.1) is 0 Å². The number of aliphatic hydroxyl groups excluding tert-OH is 1. The Kier molecular flexibility index (Phi) is 3.93. The second kappa shape index (κ2) is 5.21. The van der Waals surface area contributed by atoms with E-state index in [0.717, 1.165) is 0 Å². The zero-order valence-corrected chi connectivity index (χ0v) is 8.27. The van der Waals surface area contributed by atoms with Crippen LogP contribution in [0.2, 0.25) is 0 Å². The summed E-state index contributed by atoms with van der Waals surface area (Å²) in [6.07, 6.45) is 0. The third-order valence-electron chi connectivity index (χ3n) is 1.76. The number of aromatic carboxylic acids is 1. The fourth-order valence-corrected chi connectivity index (χ4v) is 1.11. The van der Waals surface area contributed by atoms with Crippen molar-refractivity contribution >= 4 is 5.97 Å². The van der Waals surface area contributed by atoms with Gasteiger partial charge >= 0.3 is 5.97 Å². The molecule has 0 saturated heterocycles. The first-order valence-electron chi connectivity index (χ1n) is 4.34. The smallest absolute Gasteiger partial charge is 0.339 e. The van der Waals surface area contributed by atoms with Gasteiger partial charge in [-0.05, 0) is 18.2 Å². The maximum atomic E-state index is 10.8. The van der Waals surface area contributed by atoms with Gasteiger partial charge < -0.3 is 19.7 Å². The van der Waals surface area contributed by atoms with Crippen molar-refractivity contribution in [3.8, 4) is 11.5 Å². The number of hydrogen-bond donors (Lipinski definition) is 2. The molecular formula is C10H12O5. The first kappa shape index (κ1) is 11.3. The Morgan fingerprint density at radius 3 is 2.73 bits per heavy atom. The number of carboxylic acid groups (broad SMARTS) is 1. The first-order valence-corrected chi connectivity index (χ1v) is 4.34. The SMILES string of the molecule is COc1ccc(OCCO)cc1C(=O)O. The van der Waals surface area contributed by atoms with E-state index in [-0.39, 0.29) is 24.5 Å². The van der Waals surface area contributed by atoms with Crippen molar-refractivity contribution < 1.29 is 24.5 Å². The van der Waals surface area contributed by atoms with Crippen LogP contribution in [0.1, 0.15) is 10.4 Å². The molecule has 0 aliphatic heterocycles. The van der Waals surface area contributed by atoms with E-state index in [1.165, 1.54) is 19.2 Å². The molecule has 1 aromatic carbocycles. The van der Waals surface area contributed by atoms with Gasteiger partial charge in [-0.15, -0.1) is 0 Å². The number of hydrogen-bond acceptors (Lipinski definition) is 4. The summed E-state index contributed by atoms with van der Waals surface area (Å²) in [4.78, 5) is 10.8. The normalized spacial score (nSPS) is 9.73. The molecule has 0 aromatic heterocycles. The minimum absolute atomic E-state index is 0.0351. The zero-order chi connectivity index (χ0) is 11.3. The van der Waals surface area contributed by atoms with E-state index in [1.807, 2.05) is 0 Å². The van der Waals surface area contributed by atoms with Crippen molar-refractivity contribution in [3.63, 3.8) is 0 Å². The Bertz CT molecular complexity index is 348. The molecule has 2 N–H and O–H groups in total. The Balaban J connectivity index is 2.94. The molecule has 0 spiro atoms. The lowest BCUT2D eigenvalue weighted by atomic mass is 10.2. The molecule has 0 aliphatic carbocycles.